The van der Waals surface area contributed by atoms with Gasteiger partial charge in [0.2, 0.25) is 0 Å². The van der Waals surface area contributed by atoms with E-state index < -0.39 is 0 Å². The van der Waals surface area contributed by atoms with Crippen molar-refractivity contribution < 1.29 is 4.79 Å². The summed E-state index contributed by atoms with van der Waals surface area (Å²) in [4.78, 5) is 22.5. The fourth-order valence-corrected chi connectivity index (χ4v) is 3.78. The number of allylic oxidation sites excluding steroid dienone is 1. The van der Waals surface area contributed by atoms with Crippen LogP contribution >= 0.6 is 11.3 Å². The molecule has 23 heavy (non-hydrogen) atoms. The van der Waals surface area contributed by atoms with E-state index in [0.29, 0.717) is 16.8 Å². The molecule has 5 heteroatoms. The number of carbonyl (C=O) groups is 1. The third-order valence-corrected chi connectivity index (χ3v) is 4.90. The number of anilines is 1. The molecule has 2 heterocycles. The molecule has 0 atom stereocenters. The summed E-state index contributed by atoms with van der Waals surface area (Å²) < 4.78 is 0. The minimum absolute atomic E-state index is 0.0110. The van der Waals surface area contributed by atoms with E-state index in [1.54, 1.807) is 35.3 Å². The van der Waals surface area contributed by atoms with Crippen LogP contribution < -0.4 is 5.73 Å². The van der Waals surface area contributed by atoms with Gasteiger partial charge < -0.3 is 5.73 Å². The molecule has 1 aromatic carbocycles. The fourth-order valence-electron chi connectivity index (χ4n) is 2.91. The molecule has 0 fully saturated rings. The van der Waals surface area contributed by atoms with Gasteiger partial charge in [0.1, 0.15) is 0 Å². The van der Waals surface area contributed by atoms with Crippen molar-refractivity contribution in [1.29, 1.82) is 0 Å². The van der Waals surface area contributed by atoms with E-state index in [9.17, 15) is 4.79 Å². The second-order valence-electron chi connectivity index (χ2n) is 5.39. The number of benzene rings is 1. The maximum atomic E-state index is 13.0. The van der Waals surface area contributed by atoms with Crippen molar-refractivity contribution in [2.75, 3.05) is 5.73 Å². The highest BCUT2D eigenvalue weighted by atomic mass is 32.1. The number of ketones is 1. The Morgan fingerprint density at radius 3 is 2.70 bits per heavy atom. The molecule has 0 radical (unpaired) electrons. The Bertz CT molecular complexity index is 957. The zero-order chi connectivity index (χ0) is 16.0. The number of nitrogens with two attached hydrogens (primary N) is 1. The number of fused-ring (bicyclic) bond motifs is 1. The Labute approximate surface area is 137 Å². The molecule has 2 aromatic heterocycles. The first-order valence-electron chi connectivity index (χ1n) is 7.16. The number of aryl methyl sites for hydroxylation is 1. The maximum absolute atomic E-state index is 13.0. The van der Waals surface area contributed by atoms with Crippen molar-refractivity contribution in [3.05, 3.63) is 75.5 Å². The second-order valence-corrected chi connectivity index (χ2v) is 6.25. The SMILES string of the molecule is Cc1ncsc1C1=C(c2cccnc2)C(=O)c2cc(N)ccc21. The van der Waals surface area contributed by atoms with Crippen LogP contribution in [0.3, 0.4) is 0 Å². The molecule has 0 bridgehead atoms. The van der Waals surface area contributed by atoms with Gasteiger partial charge in [-0.3, -0.25) is 9.78 Å². The number of rotatable bonds is 2. The van der Waals surface area contributed by atoms with Crippen molar-refractivity contribution >= 4 is 34.0 Å². The first kappa shape index (κ1) is 13.8. The average molecular weight is 319 g/mol. The van der Waals surface area contributed by atoms with E-state index in [1.807, 2.05) is 31.2 Å². The average Bonchev–Trinajstić information content (AvgIpc) is 3.10. The van der Waals surface area contributed by atoms with Crippen LogP contribution in [0, 0.1) is 6.92 Å². The van der Waals surface area contributed by atoms with Gasteiger partial charge in [0.05, 0.1) is 16.1 Å². The van der Waals surface area contributed by atoms with Crippen molar-refractivity contribution in [3.8, 4) is 0 Å². The number of hydrogen-bond donors (Lipinski definition) is 1. The topological polar surface area (TPSA) is 68.9 Å². The minimum Gasteiger partial charge on any atom is -0.399 e. The van der Waals surface area contributed by atoms with Crippen LogP contribution in [0.25, 0.3) is 11.1 Å². The molecule has 0 spiro atoms. The van der Waals surface area contributed by atoms with Gasteiger partial charge in [0.25, 0.3) is 0 Å². The van der Waals surface area contributed by atoms with E-state index in [0.717, 1.165) is 27.3 Å². The second kappa shape index (κ2) is 5.14. The van der Waals surface area contributed by atoms with Crippen LogP contribution in [0.1, 0.15) is 32.1 Å². The monoisotopic (exact) mass is 319 g/mol. The maximum Gasteiger partial charge on any atom is 0.195 e. The molecule has 0 saturated heterocycles. The molecular formula is C18H13N3OS. The molecule has 3 aromatic rings. The Morgan fingerprint density at radius 1 is 1.13 bits per heavy atom. The Kier molecular flexibility index (Phi) is 3.09. The van der Waals surface area contributed by atoms with Crippen molar-refractivity contribution in [1.82, 2.24) is 9.97 Å². The molecule has 1 aliphatic carbocycles. The summed E-state index contributed by atoms with van der Waals surface area (Å²) in [7, 11) is 0. The standard InChI is InChI=1S/C18H13N3OS/c1-10-18(23-9-21-10)16-13-5-4-12(19)7-14(13)17(22)15(16)11-3-2-6-20-8-11/h2-9H,19H2,1H3. The summed E-state index contributed by atoms with van der Waals surface area (Å²) in [5.41, 5.74) is 13.2. The Hall–Kier alpha value is -2.79. The molecule has 4 nitrogen and oxygen atoms in total. The first-order valence-corrected chi connectivity index (χ1v) is 8.04. The lowest BCUT2D eigenvalue weighted by Crippen LogP contribution is -1.99. The lowest BCUT2D eigenvalue weighted by Gasteiger charge is -2.07. The largest absolute Gasteiger partial charge is 0.399 e. The molecule has 2 N–H and O–H groups in total. The molecule has 0 amide bonds. The van der Waals surface area contributed by atoms with Crippen molar-refractivity contribution in [2.24, 2.45) is 0 Å². The smallest absolute Gasteiger partial charge is 0.195 e. The van der Waals surface area contributed by atoms with Crippen LogP contribution in [0.15, 0.2) is 48.2 Å². The van der Waals surface area contributed by atoms with Gasteiger partial charge in [0, 0.05) is 40.4 Å². The van der Waals surface area contributed by atoms with Crippen molar-refractivity contribution in [3.63, 3.8) is 0 Å². The fraction of sp³-hybridized carbons (Fsp3) is 0.0556. The summed E-state index contributed by atoms with van der Waals surface area (Å²) in [6.07, 6.45) is 3.42. The number of nitrogens with zero attached hydrogens (tertiary/aromatic N) is 2. The first-order chi connectivity index (χ1) is 11.2. The predicted octanol–water partition coefficient (Wildman–Crippen LogP) is 3.58. The number of Topliss-reactive ketones (excluding diaryl/α,β-unsaturated/α-hetero) is 1. The molecular weight excluding hydrogens is 306 g/mol. The van der Waals surface area contributed by atoms with Gasteiger partial charge in [-0.05, 0) is 30.7 Å². The number of hydrogen-bond acceptors (Lipinski definition) is 5. The summed E-state index contributed by atoms with van der Waals surface area (Å²) in [5, 5.41) is 0. The predicted molar refractivity (Wildman–Crippen MR) is 92.2 cm³/mol. The Morgan fingerprint density at radius 2 is 2.00 bits per heavy atom. The summed E-state index contributed by atoms with van der Waals surface area (Å²) in [6.45, 7) is 1.96. The Balaban J connectivity index is 2.06. The number of pyridine rings is 1. The van der Waals surface area contributed by atoms with Crippen molar-refractivity contribution in [2.45, 2.75) is 6.92 Å². The van der Waals surface area contributed by atoms with E-state index in [1.165, 1.54) is 0 Å². The lowest BCUT2D eigenvalue weighted by atomic mass is 9.99. The number of aromatic nitrogens is 2. The third-order valence-electron chi connectivity index (χ3n) is 3.96. The highest BCUT2D eigenvalue weighted by Gasteiger charge is 2.33. The van der Waals surface area contributed by atoms with Crippen LogP contribution in [0.4, 0.5) is 5.69 Å². The van der Waals surface area contributed by atoms with Gasteiger partial charge in [-0.1, -0.05) is 12.1 Å². The normalized spacial score (nSPS) is 13.5. The van der Waals surface area contributed by atoms with Crippen LogP contribution in [-0.4, -0.2) is 15.8 Å². The van der Waals surface area contributed by atoms with Gasteiger partial charge in [0.15, 0.2) is 5.78 Å². The van der Waals surface area contributed by atoms with E-state index in [2.05, 4.69) is 9.97 Å². The molecule has 0 aliphatic heterocycles. The summed E-state index contributed by atoms with van der Waals surface area (Å²) >= 11 is 1.54. The van der Waals surface area contributed by atoms with Crippen LogP contribution in [0.2, 0.25) is 0 Å². The molecule has 0 saturated carbocycles. The summed E-state index contributed by atoms with van der Waals surface area (Å²) in [6, 6.07) is 9.24. The van der Waals surface area contributed by atoms with Gasteiger partial charge >= 0.3 is 0 Å². The van der Waals surface area contributed by atoms with Crippen LogP contribution in [-0.2, 0) is 0 Å². The highest BCUT2D eigenvalue weighted by Crippen LogP contribution is 2.44. The molecule has 0 unspecified atom stereocenters. The zero-order valence-corrected chi connectivity index (χ0v) is 13.2. The molecule has 1 aliphatic rings. The molecule has 4 rings (SSSR count). The number of carbonyl (C=O) groups excluding carboxylic acids is 1. The third kappa shape index (κ3) is 2.09. The van der Waals surface area contributed by atoms with Gasteiger partial charge in [-0.2, -0.15) is 0 Å². The number of thiazole rings is 1. The quantitative estimate of drug-likeness (QED) is 0.733. The minimum atomic E-state index is -0.0110. The molecule has 112 valence electrons. The van der Waals surface area contributed by atoms with Crippen LogP contribution in [0.5, 0.6) is 0 Å². The van der Waals surface area contributed by atoms with E-state index in [4.69, 9.17) is 5.73 Å². The zero-order valence-electron chi connectivity index (χ0n) is 12.4. The van der Waals surface area contributed by atoms with Gasteiger partial charge in [-0.25, -0.2) is 4.98 Å². The van der Waals surface area contributed by atoms with E-state index >= 15 is 0 Å². The van der Waals surface area contributed by atoms with E-state index in [-0.39, 0.29) is 5.78 Å². The number of nitrogen functional groups attached to an aromatic ring is 1. The summed E-state index contributed by atoms with van der Waals surface area (Å²) in [5.74, 6) is -0.0110. The van der Waals surface area contributed by atoms with Gasteiger partial charge in [-0.15, -0.1) is 11.3 Å². The highest BCUT2D eigenvalue weighted by molar-refractivity contribution is 7.11. The lowest BCUT2D eigenvalue weighted by molar-refractivity contribution is 0.105.